The molecule has 0 radical (unpaired) electrons. The van der Waals surface area contributed by atoms with Gasteiger partial charge in [0.25, 0.3) is 0 Å². The van der Waals surface area contributed by atoms with Crippen LogP contribution in [0.3, 0.4) is 0 Å². The van der Waals surface area contributed by atoms with Gasteiger partial charge in [-0.3, -0.25) is 0 Å². The molecule has 0 unspecified atom stereocenters. The van der Waals surface area contributed by atoms with Crippen molar-refractivity contribution in [3.63, 3.8) is 0 Å². The van der Waals surface area contributed by atoms with Crippen molar-refractivity contribution >= 4 is 17.6 Å². The van der Waals surface area contributed by atoms with Crippen molar-refractivity contribution < 1.29 is 0 Å². The number of hydrogen-bond acceptors (Lipinski definition) is 5. The third-order valence-corrected chi connectivity index (χ3v) is 2.20. The zero-order chi connectivity index (χ0) is 13.3. The molecule has 5 nitrogen and oxygen atoms in total. The molecule has 0 saturated carbocycles. The van der Waals surface area contributed by atoms with Gasteiger partial charge in [-0.15, -0.1) is 0 Å². The zero-order valence-electron chi connectivity index (χ0n) is 11.3. The maximum atomic E-state index is 5.63. The maximum absolute atomic E-state index is 5.63. The second kappa shape index (κ2) is 4.39. The van der Waals surface area contributed by atoms with Crippen molar-refractivity contribution in [1.29, 1.82) is 0 Å². The summed E-state index contributed by atoms with van der Waals surface area (Å²) in [5.41, 5.74) is 11.4. The summed E-state index contributed by atoms with van der Waals surface area (Å²) in [6, 6.07) is 1.70. The van der Waals surface area contributed by atoms with E-state index >= 15 is 0 Å². The van der Waals surface area contributed by atoms with Crippen LogP contribution in [0.4, 0.5) is 17.6 Å². The molecule has 0 aliphatic heterocycles. The summed E-state index contributed by atoms with van der Waals surface area (Å²) in [5.74, 6) is 1.25. The fourth-order valence-corrected chi connectivity index (χ4v) is 2.27. The fraction of sp³-hybridized carbons (Fsp3) is 0.667. The van der Waals surface area contributed by atoms with Gasteiger partial charge in [0, 0.05) is 11.6 Å². The second-order valence-corrected chi connectivity index (χ2v) is 6.28. The van der Waals surface area contributed by atoms with E-state index < -0.39 is 0 Å². The molecule has 0 amide bonds. The molecule has 96 valence electrons. The van der Waals surface area contributed by atoms with Gasteiger partial charge in [0.05, 0.1) is 0 Å². The van der Waals surface area contributed by atoms with Crippen molar-refractivity contribution in [2.24, 2.45) is 5.41 Å². The molecule has 0 aromatic carbocycles. The van der Waals surface area contributed by atoms with Crippen molar-refractivity contribution in [2.75, 3.05) is 16.8 Å². The monoisotopic (exact) mass is 237 g/mol. The Hall–Kier alpha value is -1.52. The predicted molar refractivity (Wildman–Crippen MR) is 72.6 cm³/mol. The van der Waals surface area contributed by atoms with E-state index in [1.807, 2.05) is 0 Å². The number of nitrogen functional groups attached to an aromatic ring is 2. The highest BCUT2D eigenvalue weighted by atomic mass is 15.1. The van der Waals surface area contributed by atoms with Crippen LogP contribution in [0, 0.1) is 5.41 Å². The van der Waals surface area contributed by atoms with Crippen molar-refractivity contribution in [3.8, 4) is 0 Å². The van der Waals surface area contributed by atoms with E-state index in [2.05, 4.69) is 49.9 Å². The normalized spacial score (nSPS) is 12.5. The summed E-state index contributed by atoms with van der Waals surface area (Å²) in [5, 5.41) is 3.35. The van der Waals surface area contributed by atoms with Gasteiger partial charge < -0.3 is 16.8 Å². The van der Waals surface area contributed by atoms with Crippen LogP contribution in [0.1, 0.15) is 41.0 Å². The summed E-state index contributed by atoms with van der Waals surface area (Å²) in [4.78, 5) is 7.97. The Morgan fingerprint density at radius 1 is 1.12 bits per heavy atom. The molecular weight excluding hydrogens is 214 g/mol. The van der Waals surface area contributed by atoms with Crippen LogP contribution in [0.15, 0.2) is 6.07 Å². The first kappa shape index (κ1) is 13.5. The number of rotatable bonds is 3. The van der Waals surface area contributed by atoms with Crippen LogP contribution >= 0.6 is 0 Å². The number of hydrogen-bond donors (Lipinski definition) is 3. The van der Waals surface area contributed by atoms with Gasteiger partial charge in [0.2, 0.25) is 5.95 Å². The average Bonchev–Trinajstić information content (AvgIpc) is 1.93. The first-order valence-corrected chi connectivity index (χ1v) is 5.76. The number of aromatic nitrogens is 2. The van der Waals surface area contributed by atoms with Gasteiger partial charge in [-0.2, -0.15) is 9.97 Å². The number of nitrogens with one attached hydrogen (secondary N) is 1. The highest BCUT2D eigenvalue weighted by molar-refractivity contribution is 5.49. The van der Waals surface area contributed by atoms with Gasteiger partial charge in [-0.25, -0.2) is 0 Å². The molecule has 0 fully saturated rings. The fourth-order valence-electron chi connectivity index (χ4n) is 2.27. The van der Waals surface area contributed by atoms with Gasteiger partial charge in [-0.1, -0.05) is 20.8 Å². The van der Waals surface area contributed by atoms with E-state index in [4.69, 9.17) is 11.5 Å². The molecule has 0 aliphatic carbocycles. The van der Waals surface area contributed by atoms with Crippen molar-refractivity contribution in [3.05, 3.63) is 6.07 Å². The lowest BCUT2D eigenvalue weighted by Gasteiger charge is -2.33. The Bertz CT molecular complexity index is 372. The minimum absolute atomic E-state index is 0.0779. The third kappa shape index (κ3) is 4.89. The van der Waals surface area contributed by atoms with Gasteiger partial charge >= 0.3 is 0 Å². The maximum Gasteiger partial charge on any atom is 0.223 e. The molecule has 0 aliphatic rings. The van der Waals surface area contributed by atoms with Crippen LogP contribution in [0.5, 0.6) is 0 Å². The molecule has 0 spiro atoms. The molecule has 17 heavy (non-hydrogen) atoms. The Morgan fingerprint density at radius 3 is 2.18 bits per heavy atom. The number of nitrogens with two attached hydrogens (primary N) is 2. The van der Waals surface area contributed by atoms with Crippen LogP contribution in [0.2, 0.25) is 0 Å². The summed E-state index contributed by atoms with van der Waals surface area (Å²) in [7, 11) is 0. The Labute approximate surface area is 103 Å². The first-order chi connectivity index (χ1) is 7.57. The molecule has 0 atom stereocenters. The number of anilines is 3. The molecule has 1 heterocycles. The van der Waals surface area contributed by atoms with E-state index in [0.29, 0.717) is 11.6 Å². The van der Waals surface area contributed by atoms with Gasteiger partial charge in [0.1, 0.15) is 11.6 Å². The smallest absolute Gasteiger partial charge is 0.223 e. The summed E-state index contributed by atoms with van der Waals surface area (Å²) < 4.78 is 0. The molecule has 5 heteroatoms. The van der Waals surface area contributed by atoms with Gasteiger partial charge in [-0.05, 0) is 25.7 Å². The standard InChI is InChI=1S/C12H23N5/c1-11(2,3)7-12(4,5)17-9-6-8(13)15-10(14)16-9/h6H,7H2,1-5H3,(H5,13,14,15,16,17). The molecule has 1 rings (SSSR count). The molecule has 1 aromatic heterocycles. The zero-order valence-corrected chi connectivity index (χ0v) is 11.3. The van der Waals surface area contributed by atoms with Crippen molar-refractivity contribution in [1.82, 2.24) is 9.97 Å². The Morgan fingerprint density at radius 2 is 1.71 bits per heavy atom. The molecule has 5 N–H and O–H groups in total. The Balaban J connectivity index is 2.82. The van der Waals surface area contributed by atoms with Gasteiger partial charge in [0.15, 0.2) is 0 Å². The number of nitrogens with zero attached hydrogens (tertiary/aromatic N) is 2. The quantitative estimate of drug-likeness (QED) is 0.750. The topological polar surface area (TPSA) is 89.8 Å². The predicted octanol–water partition coefficient (Wildman–Crippen LogP) is 2.27. The average molecular weight is 237 g/mol. The minimum atomic E-state index is -0.0779. The van der Waals surface area contributed by atoms with Crippen molar-refractivity contribution in [2.45, 2.75) is 46.6 Å². The molecule has 0 bridgehead atoms. The summed E-state index contributed by atoms with van der Waals surface area (Å²) in [6.07, 6.45) is 1.00. The van der Waals surface area contributed by atoms with E-state index in [0.717, 1.165) is 6.42 Å². The summed E-state index contributed by atoms with van der Waals surface area (Å²) >= 11 is 0. The minimum Gasteiger partial charge on any atom is -0.383 e. The molecular formula is C12H23N5. The van der Waals surface area contributed by atoms with E-state index in [9.17, 15) is 0 Å². The van der Waals surface area contributed by atoms with Crippen LogP contribution in [-0.2, 0) is 0 Å². The summed E-state index contributed by atoms with van der Waals surface area (Å²) in [6.45, 7) is 10.9. The second-order valence-electron chi connectivity index (χ2n) is 6.28. The lowest BCUT2D eigenvalue weighted by atomic mass is 9.82. The first-order valence-electron chi connectivity index (χ1n) is 5.76. The van der Waals surface area contributed by atoms with E-state index in [-0.39, 0.29) is 16.9 Å². The van der Waals surface area contributed by atoms with Crippen LogP contribution in [0.25, 0.3) is 0 Å². The highest BCUT2D eigenvalue weighted by Gasteiger charge is 2.25. The largest absolute Gasteiger partial charge is 0.383 e. The lowest BCUT2D eigenvalue weighted by Crippen LogP contribution is -2.35. The lowest BCUT2D eigenvalue weighted by molar-refractivity contribution is 0.302. The van der Waals surface area contributed by atoms with E-state index in [1.165, 1.54) is 0 Å². The van der Waals surface area contributed by atoms with Crippen LogP contribution < -0.4 is 16.8 Å². The SMILES string of the molecule is CC(C)(C)CC(C)(C)Nc1cc(N)nc(N)n1. The van der Waals surface area contributed by atoms with Crippen LogP contribution in [-0.4, -0.2) is 15.5 Å². The molecule has 0 saturated heterocycles. The Kier molecular flexibility index (Phi) is 3.50. The third-order valence-electron chi connectivity index (χ3n) is 2.20. The molecule has 1 aromatic rings. The highest BCUT2D eigenvalue weighted by Crippen LogP contribution is 2.29. The van der Waals surface area contributed by atoms with E-state index in [1.54, 1.807) is 6.07 Å².